The Morgan fingerprint density at radius 2 is 1.87 bits per heavy atom. The molecule has 2 N–H and O–H groups in total. The Bertz CT molecular complexity index is 1100. The topological polar surface area (TPSA) is 125 Å². The highest BCUT2D eigenvalue weighted by Gasteiger charge is 2.35. The molecule has 3 amide bonds. The molecule has 31 heavy (non-hydrogen) atoms. The number of fused-ring (bicyclic) bond motifs is 1. The van der Waals surface area contributed by atoms with Crippen molar-refractivity contribution in [3.8, 4) is 5.75 Å². The molecule has 2 heterocycles. The first kappa shape index (κ1) is 21.9. The zero-order valence-electron chi connectivity index (χ0n) is 17.3. The number of benzene rings is 1. The minimum atomic E-state index is -0.810. The van der Waals surface area contributed by atoms with Gasteiger partial charge in [-0.3, -0.25) is 23.7 Å². The zero-order chi connectivity index (χ0) is 22.9. The predicted octanol–water partition coefficient (Wildman–Crippen LogP) is 0.00940. The van der Waals surface area contributed by atoms with E-state index in [-0.39, 0.29) is 25.5 Å². The summed E-state index contributed by atoms with van der Waals surface area (Å²) in [5.41, 5.74) is -0.690. The van der Waals surface area contributed by atoms with Crippen LogP contribution in [0.4, 0.5) is 4.39 Å². The van der Waals surface area contributed by atoms with Crippen molar-refractivity contribution in [2.45, 2.75) is 26.1 Å². The van der Waals surface area contributed by atoms with E-state index in [0.717, 1.165) is 4.90 Å². The van der Waals surface area contributed by atoms with E-state index >= 15 is 0 Å². The molecule has 11 heteroatoms. The summed E-state index contributed by atoms with van der Waals surface area (Å²) in [5, 5.41) is 12.8. The van der Waals surface area contributed by atoms with Crippen LogP contribution in [0.1, 0.15) is 34.8 Å². The number of halogens is 1. The van der Waals surface area contributed by atoms with Gasteiger partial charge < -0.3 is 20.2 Å². The number of nitrogens with one attached hydrogen (secondary N) is 1. The Hall–Kier alpha value is -3.76. The normalized spacial score (nSPS) is 15.2. The minimum Gasteiger partial charge on any atom is -0.501 e. The molecule has 2 aromatic rings. The molecule has 1 aliphatic heterocycles. The van der Waals surface area contributed by atoms with Crippen molar-refractivity contribution < 1.29 is 23.9 Å². The summed E-state index contributed by atoms with van der Waals surface area (Å²) in [4.78, 5) is 56.2. The monoisotopic (exact) mass is 431 g/mol. The third-order valence-electron chi connectivity index (χ3n) is 5.01. The highest BCUT2D eigenvalue weighted by atomic mass is 19.1. The third kappa shape index (κ3) is 4.25. The molecule has 0 fully saturated rings. The van der Waals surface area contributed by atoms with Crippen molar-refractivity contribution in [1.82, 2.24) is 24.7 Å². The maximum absolute atomic E-state index is 13.0. The molecular formula is C20H22FN5O5. The van der Waals surface area contributed by atoms with Crippen LogP contribution in [-0.2, 0) is 22.7 Å². The number of hydrogen-bond acceptors (Lipinski definition) is 6. The first-order chi connectivity index (χ1) is 14.6. The lowest BCUT2D eigenvalue weighted by atomic mass is 10.1. The number of carbonyl (C=O) groups excluding carboxylic acids is 3. The van der Waals surface area contributed by atoms with Gasteiger partial charge in [-0.25, -0.2) is 9.37 Å². The molecule has 1 unspecified atom stereocenters. The van der Waals surface area contributed by atoms with Crippen LogP contribution < -0.4 is 10.9 Å². The number of aromatic hydroxyl groups is 1. The zero-order valence-corrected chi connectivity index (χ0v) is 17.3. The van der Waals surface area contributed by atoms with Gasteiger partial charge in [-0.05, 0) is 24.6 Å². The SMILES string of the molecule is CC1c2nc(C(=O)NCc3ccc(F)cc3)c(O)c(=O)n2CCN1C(=O)C(=O)N(C)C. The standard InChI is InChI=1S/C20H22FN5O5/c1-11-16-23-14(17(28)22-10-12-4-6-13(21)7-5-12)15(27)18(29)26(16)9-8-25(11)20(31)19(30)24(2)3/h4-7,11,27H,8-10H2,1-3H3,(H,22,28). The van der Waals surface area contributed by atoms with Gasteiger partial charge in [0.15, 0.2) is 5.69 Å². The summed E-state index contributed by atoms with van der Waals surface area (Å²) in [5.74, 6) is -3.43. The van der Waals surface area contributed by atoms with Crippen LogP contribution in [0, 0.1) is 5.82 Å². The first-order valence-electron chi connectivity index (χ1n) is 9.50. The van der Waals surface area contributed by atoms with Gasteiger partial charge in [0.1, 0.15) is 11.6 Å². The van der Waals surface area contributed by atoms with Gasteiger partial charge in [-0.2, -0.15) is 0 Å². The summed E-state index contributed by atoms with van der Waals surface area (Å²) < 4.78 is 14.2. The van der Waals surface area contributed by atoms with Gasteiger partial charge in [-0.1, -0.05) is 12.1 Å². The summed E-state index contributed by atoms with van der Waals surface area (Å²) in [6.07, 6.45) is 0. The van der Waals surface area contributed by atoms with E-state index in [1.807, 2.05) is 0 Å². The van der Waals surface area contributed by atoms with Crippen LogP contribution in [0.2, 0.25) is 0 Å². The molecule has 0 spiro atoms. The van der Waals surface area contributed by atoms with Crippen molar-refractivity contribution in [2.75, 3.05) is 20.6 Å². The molecule has 1 aromatic heterocycles. The van der Waals surface area contributed by atoms with Crippen LogP contribution in [0.3, 0.4) is 0 Å². The van der Waals surface area contributed by atoms with Gasteiger partial charge in [-0.15, -0.1) is 0 Å². The summed E-state index contributed by atoms with van der Waals surface area (Å²) in [6.45, 7) is 1.69. The second kappa shape index (κ2) is 8.54. The number of nitrogens with zero attached hydrogens (tertiary/aromatic N) is 4. The molecule has 0 aliphatic carbocycles. The molecule has 1 aromatic carbocycles. The summed E-state index contributed by atoms with van der Waals surface area (Å²) >= 11 is 0. The fourth-order valence-electron chi connectivity index (χ4n) is 3.26. The Labute approximate surface area is 176 Å². The van der Waals surface area contributed by atoms with Crippen molar-refractivity contribution in [1.29, 1.82) is 0 Å². The predicted molar refractivity (Wildman–Crippen MR) is 107 cm³/mol. The molecule has 10 nitrogen and oxygen atoms in total. The number of likely N-dealkylation sites (N-methyl/N-ethyl adjacent to an activating group) is 1. The lowest BCUT2D eigenvalue weighted by molar-refractivity contribution is -0.152. The molecule has 0 saturated carbocycles. The molecule has 1 aliphatic rings. The Morgan fingerprint density at radius 3 is 2.48 bits per heavy atom. The van der Waals surface area contributed by atoms with Crippen molar-refractivity contribution in [2.24, 2.45) is 0 Å². The Balaban J connectivity index is 1.88. The van der Waals surface area contributed by atoms with E-state index in [4.69, 9.17) is 0 Å². The van der Waals surface area contributed by atoms with Gasteiger partial charge in [0.2, 0.25) is 5.75 Å². The van der Waals surface area contributed by atoms with Gasteiger partial charge in [0, 0.05) is 33.7 Å². The molecule has 0 saturated heterocycles. The minimum absolute atomic E-state index is 0.0169. The van der Waals surface area contributed by atoms with E-state index < -0.39 is 46.6 Å². The largest absolute Gasteiger partial charge is 0.501 e. The Morgan fingerprint density at radius 1 is 1.23 bits per heavy atom. The average Bonchev–Trinajstić information content (AvgIpc) is 2.74. The quantitative estimate of drug-likeness (QED) is 0.660. The van der Waals surface area contributed by atoms with Gasteiger partial charge >= 0.3 is 11.8 Å². The number of hydrogen-bond donors (Lipinski definition) is 2. The van der Waals surface area contributed by atoms with Crippen LogP contribution in [0.5, 0.6) is 5.75 Å². The molecular weight excluding hydrogens is 409 g/mol. The number of carbonyl (C=O) groups is 3. The molecule has 164 valence electrons. The number of rotatable bonds is 3. The van der Waals surface area contributed by atoms with Crippen LogP contribution in [0.25, 0.3) is 0 Å². The molecule has 1 atom stereocenters. The first-order valence-corrected chi connectivity index (χ1v) is 9.50. The fraction of sp³-hybridized carbons (Fsp3) is 0.350. The van der Waals surface area contributed by atoms with Crippen molar-refractivity contribution in [3.05, 3.63) is 57.5 Å². The van der Waals surface area contributed by atoms with Crippen LogP contribution >= 0.6 is 0 Å². The molecule has 3 rings (SSSR count). The highest BCUT2D eigenvalue weighted by Crippen LogP contribution is 2.24. The Kier molecular flexibility index (Phi) is 6.04. The second-order valence-corrected chi connectivity index (χ2v) is 7.31. The van der Waals surface area contributed by atoms with E-state index in [1.165, 1.54) is 47.8 Å². The smallest absolute Gasteiger partial charge is 0.312 e. The average molecular weight is 431 g/mol. The lowest BCUT2D eigenvalue weighted by Crippen LogP contribution is -2.50. The number of aromatic nitrogens is 2. The number of amides is 3. The second-order valence-electron chi connectivity index (χ2n) is 7.31. The maximum Gasteiger partial charge on any atom is 0.312 e. The molecule has 0 radical (unpaired) electrons. The van der Waals surface area contributed by atoms with E-state index in [9.17, 15) is 28.7 Å². The van der Waals surface area contributed by atoms with Gasteiger partial charge in [0.25, 0.3) is 11.5 Å². The lowest BCUT2D eigenvalue weighted by Gasteiger charge is -2.35. The van der Waals surface area contributed by atoms with Gasteiger partial charge in [0.05, 0.1) is 6.04 Å². The van der Waals surface area contributed by atoms with E-state index in [1.54, 1.807) is 6.92 Å². The third-order valence-corrected chi connectivity index (χ3v) is 5.01. The van der Waals surface area contributed by atoms with E-state index in [2.05, 4.69) is 10.3 Å². The van der Waals surface area contributed by atoms with Crippen molar-refractivity contribution in [3.63, 3.8) is 0 Å². The summed E-state index contributed by atoms with van der Waals surface area (Å²) in [7, 11) is 2.90. The molecule has 0 bridgehead atoms. The fourth-order valence-corrected chi connectivity index (χ4v) is 3.26. The van der Waals surface area contributed by atoms with Crippen molar-refractivity contribution >= 4 is 17.7 Å². The highest BCUT2D eigenvalue weighted by molar-refractivity contribution is 6.34. The van der Waals surface area contributed by atoms with Crippen LogP contribution in [0.15, 0.2) is 29.1 Å². The van der Waals surface area contributed by atoms with E-state index in [0.29, 0.717) is 5.56 Å². The van der Waals surface area contributed by atoms with Crippen LogP contribution in [-0.4, -0.2) is 62.8 Å². The summed E-state index contributed by atoms with van der Waals surface area (Å²) in [6, 6.07) is 4.67. The maximum atomic E-state index is 13.0.